The minimum absolute atomic E-state index is 0. The lowest BCUT2D eigenvalue weighted by atomic mass is 9.80. The first-order chi connectivity index (χ1) is 20.2. The molecule has 1 aliphatic heterocycles. The topological polar surface area (TPSA) is 158 Å². The molecule has 234 valence electrons. The van der Waals surface area contributed by atoms with Crippen LogP contribution in [-0.2, 0) is 19.1 Å². The van der Waals surface area contributed by atoms with Gasteiger partial charge in [0.05, 0.1) is 42.8 Å². The fourth-order valence-electron chi connectivity index (χ4n) is 4.64. The average molecular weight is 620 g/mol. The van der Waals surface area contributed by atoms with Crippen LogP contribution in [-0.4, -0.2) is 68.6 Å². The van der Waals surface area contributed by atoms with Gasteiger partial charge in [-0.2, -0.15) is 0 Å². The van der Waals surface area contributed by atoms with Gasteiger partial charge in [0.1, 0.15) is 24.2 Å². The van der Waals surface area contributed by atoms with E-state index in [2.05, 4.69) is 10.6 Å². The predicted molar refractivity (Wildman–Crippen MR) is 161 cm³/mol. The summed E-state index contributed by atoms with van der Waals surface area (Å²) in [5, 5.41) is 28.0. The fraction of sp³-hybridized carbons (Fsp3) is 0.400. The second-order valence-electron chi connectivity index (χ2n) is 9.64. The van der Waals surface area contributed by atoms with E-state index in [1.54, 1.807) is 13.8 Å². The zero-order chi connectivity index (χ0) is 30.6. The van der Waals surface area contributed by atoms with Crippen molar-refractivity contribution in [3.63, 3.8) is 0 Å². The quantitative estimate of drug-likeness (QED) is 0.115. The van der Waals surface area contributed by atoms with Gasteiger partial charge >= 0.3 is 11.9 Å². The number of benzene rings is 2. The lowest BCUT2D eigenvalue weighted by Crippen LogP contribution is -2.32. The van der Waals surface area contributed by atoms with Gasteiger partial charge in [-0.05, 0) is 51.4 Å². The fourth-order valence-corrected chi connectivity index (χ4v) is 4.64. The van der Waals surface area contributed by atoms with E-state index in [4.69, 9.17) is 18.9 Å². The molecule has 0 amide bonds. The van der Waals surface area contributed by atoms with Crippen LogP contribution in [0.1, 0.15) is 38.2 Å². The number of esters is 2. The van der Waals surface area contributed by atoms with Crippen LogP contribution in [0.3, 0.4) is 0 Å². The number of aliphatic hydroxyl groups is 1. The van der Waals surface area contributed by atoms with Crippen LogP contribution < -0.4 is 20.1 Å². The Balaban J connectivity index is 0.00000645. The highest BCUT2D eigenvalue weighted by Gasteiger charge is 2.39. The van der Waals surface area contributed by atoms with Gasteiger partial charge in [0.25, 0.3) is 5.69 Å². The minimum Gasteiger partial charge on any atom is -0.493 e. The molecule has 0 aromatic heterocycles. The maximum absolute atomic E-state index is 12.9. The van der Waals surface area contributed by atoms with Gasteiger partial charge in [-0.25, -0.2) is 9.59 Å². The number of nitrogens with one attached hydrogen (secondary N) is 2. The highest BCUT2D eigenvalue weighted by Crippen LogP contribution is 2.44. The number of aliphatic hydroxyl groups excluding tert-OH is 1. The molecule has 1 atom stereocenters. The first kappa shape index (κ1) is 35.1. The van der Waals surface area contributed by atoms with E-state index in [9.17, 15) is 24.8 Å². The third-order valence-corrected chi connectivity index (χ3v) is 6.66. The molecule has 0 unspecified atom stereocenters. The molecule has 3 N–H and O–H groups in total. The Hall–Kier alpha value is -4.13. The summed E-state index contributed by atoms with van der Waals surface area (Å²) in [5.74, 6) is -1.44. The van der Waals surface area contributed by atoms with Crippen molar-refractivity contribution in [2.75, 3.05) is 40.5 Å². The molecule has 0 saturated heterocycles. The lowest BCUT2D eigenvalue weighted by molar-refractivity contribution is -0.384. The van der Waals surface area contributed by atoms with Crippen LogP contribution in [0.5, 0.6) is 11.5 Å². The number of non-ortho nitro benzene ring substituents is 1. The number of methoxy groups -OCH3 is 2. The number of ether oxygens (including phenoxy) is 4. The standard InChI is InChI=1S/C30H37N3O9.ClH/c1-19-26(29(35)39-3)28(27(20(2)32-19)30(36)40-4)24-16-21(33(37)38)12-13-25(24)41-15-9-8-14-31-17-22(34)18-42-23-10-6-5-7-11-23;/h5-7,10-13,16,22,28,31-32,34H,8-9,14-15,17-18H2,1-4H3;1H/t22-;/m0./s1. The van der Waals surface area contributed by atoms with Crippen LogP contribution in [0.2, 0.25) is 0 Å². The van der Waals surface area contributed by atoms with Gasteiger partial charge in [0.2, 0.25) is 0 Å². The number of carbonyl (C=O) groups excluding carboxylic acids is 2. The van der Waals surface area contributed by atoms with Gasteiger partial charge in [0.15, 0.2) is 0 Å². The molecule has 13 heteroatoms. The number of rotatable bonds is 15. The number of nitro groups is 1. The van der Waals surface area contributed by atoms with Crippen molar-refractivity contribution in [3.05, 3.63) is 86.7 Å². The number of unbranched alkanes of at least 4 members (excludes halogenated alkanes) is 1. The molecule has 0 spiro atoms. The van der Waals surface area contributed by atoms with E-state index in [1.165, 1.54) is 32.4 Å². The number of dihydropyridines is 1. The Labute approximate surface area is 256 Å². The molecule has 43 heavy (non-hydrogen) atoms. The largest absolute Gasteiger partial charge is 0.493 e. The van der Waals surface area contributed by atoms with Crippen LogP contribution in [0.25, 0.3) is 0 Å². The molecule has 2 aromatic rings. The van der Waals surface area contributed by atoms with Crippen molar-refractivity contribution in [2.45, 2.75) is 38.7 Å². The summed E-state index contributed by atoms with van der Waals surface area (Å²) in [6.45, 7) is 4.74. The van der Waals surface area contributed by atoms with Gasteiger partial charge in [0, 0.05) is 35.6 Å². The zero-order valence-electron chi connectivity index (χ0n) is 24.6. The Morgan fingerprint density at radius 3 is 2.21 bits per heavy atom. The Morgan fingerprint density at radius 2 is 1.63 bits per heavy atom. The van der Waals surface area contributed by atoms with Crippen LogP contribution in [0, 0.1) is 10.1 Å². The summed E-state index contributed by atoms with van der Waals surface area (Å²) in [6.07, 6.45) is 0.681. The van der Waals surface area contributed by atoms with Crippen molar-refractivity contribution in [1.82, 2.24) is 10.6 Å². The highest BCUT2D eigenvalue weighted by molar-refractivity contribution is 6.00. The smallest absolute Gasteiger partial charge is 0.336 e. The van der Waals surface area contributed by atoms with Gasteiger partial charge in [-0.3, -0.25) is 10.1 Å². The van der Waals surface area contributed by atoms with E-state index in [-0.39, 0.29) is 53.8 Å². The number of nitro benzene ring substituents is 1. The highest BCUT2D eigenvalue weighted by atomic mass is 35.5. The van der Waals surface area contributed by atoms with E-state index in [1.807, 2.05) is 30.3 Å². The summed E-state index contributed by atoms with van der Waals surface area (Å²) in [7, 11) is 2.44. The third kappa shape index (κ3) is 9.43. The van der Waals surface area contributed by atoms with E-state index in [0.717, 1.165) is 6.42 Å². The number of halogens is 1. The number of carbonyl (C=O) groups is 2. The average Bonchev–Trinajstić information content (AvgIpc) is 2.99. The molecule has 3 rings (SSSR count). The third-order valence-electron chi connectivity index (χ3n) is 6.66. The van der Waals surface area contributed by atoms with Crippen LogP contribution in [0.15, 0.2) is 71.1 Å². The van der Waals surface area contributed by atoms with Crippen molar-refractivity contribution >= 4 is 30.0 Å². The van der Waals surface area contributed by atoms with Crippen LogP contribution >= 0.6 is 12.4 Å². The van der Waals surface area contributed by atoms with Crippen molar-refractivity contribution in [3.8, 4) is 11.5 Å². The summed E-state index contributed by atoms with van der Waals surface area (Å²) in [6, 6.07) is 13.3. The van der Waals surface area contributed by atoms with Gasteiger partial charge in [-0.15, -0.1) is 12.4 Å². The monoisotopic (exact) mass is 619 g/mol. The molecule has 12 nitrogen and oxygen atoms in total. The lowest BCUT2D eigenvalue weighted by Gasteiger charge is -2.30. The molecular weight excluding hydrogens is 582 g/mol. The SMILES string of the molecule is COC(=O)C1=C(C)NC(C)=C(C(=O)OC)C1c1cc([N+](=O)[O-])ccc1OCCCCNC[C@H](O)COc1ccccc1.Cl. The first-order valence-electron chi connectivity index (χ1n) is 13.5. The number of hydrogen-bond acceptors (Lipinski definition) is 11. The van der Waals surface area contributed by atoms with Gasteiger partial charge in [-0.1, -0.05) is 18.2 Å². The molecule has 0 bridgehead atoms. The van der Waals surface area contributed by atoms with E-state index >= 15 is 0 Å². The molecule has 2 aromatic carbocycles. The maximum atomic E-state index is 12.9. The molecule has 1 aliphatic rings. The normalized spacial score (nSPS) is 13.9. The predicted octanol–water partition coefficient (Wildman–Crippen LogP) is 3.79. The second-order valence-corrected chi connectivity index (χ2v) is 9.64. The van der Waals surface area contributed by atoms with Crippen LogP contribution in [0.4, 0.5) is 5.69 Å². The van der Waals surface area contributed by atoms with Crippen molar-refractivity contribution in [1.29, 1.82) is 0 Å². The van der Waals surface area contributed by atoms with E-state index < -0.39 is 28.9 Å². The van der Waals surface area contributed by atoms with E-state index in [0.29, 0.717) is 36.7 Å². The first-order valence-corrected chi connectivity index (χ1v) is 13.5. The van der Waals surface area contributed by atoms with Crippen molar-refractivity contribution in [2.24, 2.45) is 0 Å². The molecule has 1 heterocycles. The summed E-state index contributed by atoms with van der Waals surface area (Å²) in [4.78, 5) is 36.8. The summed E-state index contributed by atoms with van der Waals surface area (Å²) in [5.41, 5.74) is 1.16. The molecule has 0 fully saturated rings. The number of para-hydroxylation sites is 1. The molecule has 0 aliphatic carbocycles. The summed E-state index contributed by atoms with van der Waals surface area (Å²) < 4.78 is 21.6. The number of nitrogens with zero attached hydrogens (tertiary/aromatic N) is 1. The Kier molecular flexibility index (Phi) is 13.9. The van der Waals surface area contributed by atoms with Crippen molar-refractivity contribution < 1.29 is 38.6 Å². The second kappa shape index (κ2) is 17.1. The molecular formula is C30H38ClN3O9. The minimum atomic E-state index is -1.03. The molecule has 0 radical (unpaired) electrons. The Bertz CT molecular complexity index is 1290. The zero-order valence-corrected chi connectivity index (χ0v) is 25.4. The van der Waals surface area contributed by atoms with Gasteiger partial charge < -0.3 is 34.7 Å². The Morgan fingerprint density at radius 1 is 1.00 bits per heavy atom. The molecule has 0 saturated carbocycles. The maximum Gasteiger partial charge on any atom is 0.336 e. The summed E-state index contributed by atoms with van der Waals surface area (Å²) >= 11 is 0. The number of hydrogen-bond donors (Lipinski definition) is 3. The number of allylic oxidation sites excluding steroid dienone is 2.